The van der Waals surface area contributed by atoms with Crippen LogP contribution in [0.3, 0.4) is 0 Å². The van der Waals surface area contributed by atoms with Gasteiger partial charge < -0.3 is 19.4 Å². The molecule has 1 aliphatic rings. The molecule has 174 valence electrons. The summed E-state index contributed by atoms with van der Waals surface area (Å²) < 4.78 is 17.8. The van der Waals surface area contributed by atoms with Gasteiger partial charge in [0.1, 0.15) is 6.61 Å². The zero-order valence-corrected chi connectivity index (χ0v) is 20.2. The quantitative estimate of drug-likeness (QED) is 0.468. The number of benzene rings is 2. The SMILES string of the molecule is CC(=O)c1ccc(C=C(CNC(=O)OCc2ccccc2)B2OC(C)(C)C(C)(C)O2)cc1C. The smallest absolute Gasteiger partial charge is 0.445 e. The Kier molecular flexibility index (Phi) is 7.45. The van der Waals surface area contributed by atoms with Gasteiger partial charge in [0.15, 0.2) is 5.78 Å². The first-order valence-corrected chi connectivity index (χ1v) is 11.1. The van der Waals surface area contributed by atoms with Crippen LogP contribution in [0.1, 0.15) is 61.7 Å². The van der Waals surface area contributed by atoms with E-state index in [1.165, 1.54) is 0 Å². The van der Waals surface area contributed by atoms with Gasteiger partial charge in [0.25, 0.3) is 0 Å². The normalized spacial score (nSPS) is 17.0. The molecule has 7 heteroatoms. The van der Waals surface area contributed by atoms with Crippen molar-refractivity contribution < 1.29 is 23.6 Å². The van der Waals surface area contributed by atoms with E-state index in [0.29, 0.717) is 5.56 Å². The Morgan fingerprint density at radius 2 is 1.67 bits per heavy atom. The van der Waals surface area contributed by atoms with Gasteiger partial charge in [0.05, 0.1) is 11.2 Å². The summed E-state index contributed by atoms with van der Waals surface area (Å²) in [7, 11) is -0.628. The van der Waals surface area contributed by atoms with Gasteiger partial charge in [-0.25, -0.2) is 4.79 Å². The number of rotatable bonds is 7. The predicted molar refractivity (Wildman–Crippen MR) is 130 cm³/mol. The Hall–Kier alpha value is -2.90. The van der Waals surface area contributed by atoms with Crippen LogP contribution in [0.25, 0.3) is 6.08 Å². The second-order valence-corrected chi connectivity index (χ2v) is 9.35. The predicted octanol–water partition coefficient (Wildman–Crippen LogP) is 5.14. The first-order chi connectivity index (χ1) is 15.5. The molecule has 2 aromatic carbocycles. The molecule has 0 atom stereocenters. The summed E-state index contributed by atoms with van der Waals surface area (Å²) >= 11 is 0. The van der Waals surface area contributed by atoms with Crippen LogP contribution in [0, 0.1) is 6.92 Å². The number of amides is 1. The fourth-order valence-electron chi connectivity index (χ4n) is 3.53. The highest BCUT2D eigenvalue weighted by Crippen LogP contribution is 2.38. The van der Waals surface area contributed by atoms with Crippen LogP contribution < -0.4 is 5.32 Å². The highest BCUT2D eigenvalue weighted by molar-refractivity contribution is 6.56. The van der Waals surface area contributed by atoms with Gasteiger partial charge in [-0.15, -0.1) is 0 Å². The topological polar surface area (TPSA) is 73.9 Å². The fourth-order valence-corrected chi connectivity index (χ4v) is 3.53. The molecule has 1 fully saturated rings. The molecule has 3 rings (SSSR count). The minimum Gasteiger partial charge on any atom is -0.445 e. The molecule has 0 bridgehead atoms. The molecule has 1 N–H and O–H groups in total. The number of ether oxygens (including phenoxy) is 1. The number of hydrogen-bond donors (Lipinski definition) is 1. The minimum atomic E-state index is -0.628. The van der Waals surface area contributed by atoms with Crippen LogP contribution in [0.2, 0.25) is 0 Å². The average molecular weight is 449 g/mol. The Bertz CT molecular complexity index is 1030. The maximum absolute atomic E-state index is 12.3. The molecule has 0 unspecified atom stereocenters. The second kappa shape index (κ2) is 9.93. The maximum Gasteiger partial charge on any atom is 0.492 e. The van der Waals surface area contributed by atoms with Crippen LogP contribution in [0.15, 0.2) is 54.0 Å². The molecule has 1 heterocycles. The molecular formula is C26H32BNO5. The summed E-state index contributed by atoms with van der Waals surface area (Å²) in [5, 5.41) is 2.81. The molecule has 1 amide bonds. The van der Waals surface area contributed by atoms with Crippen molar-refractivity contribution in [2.24, 2.45) is 0 Å². The van der Waals surface area contributed by atoms with Crippen molar-refractivity contribution in [3.05, 3.63) is 76.3 Å². The van der Waals surface area contributed by atoms with E-state index in [4.69, 9.17) is 14.0 Å². The van der Waals surface area contributed by atoms with Gasteiger partial charge in [0, 0.05) is 12.1 Å². The number of carbonyl (C=O) groups is 2. The largest absolute Gasteiger partial charge is 0.492 e. The number of carbonyl (C=O) groups excluding carboxylic acids is 2. The molecule has 2 aromatic rings. The summed E-state index contributed by atoms with van der Waals surface area (Å²) in [6.07, 6.45) is 1.40. The van der Waals surface area contributed by atoms with Gasteiger partial charge in [-0.05, 0) is 63.7 Å². The third kappa shape index (κ3) is 6.12. The fraction of sp³-hybridized carbons (Fsp3) is 0.385. The van der Waals surface area contributed by atoms with Crippen molar-refractivity contribution >= 4 is 25.1 Å². The highest BCUT2D eigenvalue weighted by atomic mass is 16.7. The maximum atomic E-state index is 12.3. The van der Waals surface area contributed by atoms with E-state index in [1.807, 2.05) is 89.2 Å². The number of nitrogens with one attached hydrogen (secondary N) is 1. The standard InChI is InChI=1S/C26H32BNO5/c1-18-14-21(12-13-23(18)19(2)29)15-22(27-32-25(3,4)26(5,6)33-27)16-28-24(30)31-17-20-10-8-7-9-11-20/h7-15H,16-17H2,1-6H3,(H,28,30). The molecule has 33 heavy (non-hydrogen) atoms. The molecule has 0 radical (unpaired) electrons. The van der Waals surface area contributed by atoms with E-state index < -0.39 is 24.4 Å². The van der Waals surface area contributed by atoms with Crippen LogP contribution in [0.5, 0.6) is 0 Å². The molecule has 0 aromatic heterocycles. The van der Waals surface area contributed by atoms with E-state index in [0.717, 1.165) is 22.2 Å². The minimum absolute atomic E-state index is 0.0250. The molecule has 0 spiro atoms. The number of alkyl carbamates (subject to hydrolysis) is 1. The number of Topliss-reactive ketones (excluding diaryl/α,β-unsaturated/α-hetero) is 1. The molecule has 0 saturated carbocycles. The van der Waals surface area contributed by atoms with Gasteiger partial charge in [-0.2, -0.15) is 0 Å². The van der Waals surface area contributed by atoms with Crippen LogP contribution in [-0.2, 0) is 20.7 Å². The first kappa shape index (κ1) is 24.7. The first-order valence-electron chi connectivity index (χ1n) is 11.1. The van der Waals surface area contributed by atoms with Gasteiger partial charge in [-0.3, -0.25) is 4.79 Å². The zero-order chi connectivity index (χ0) is 24.2. The molecular weight excluding hydrogens is 417 g/mol. The van der Waals surface area contributed by atoms with E-state index >= 15 is 0 Å². The Labute approximate surface area is 196 Å². The molecule has 6 nitrogen and oxygen atoms in total. The van der Waals surface area contributed by atoms with Crippen LogP contribution in [0.4, 0.5) is 4.79 Å². The Morgan fingerprint density at radius 3 is 2.24 bits per heavy atom. The number of aryl methyl sites for hydroxylation is 1. The summed E-state index contributed by atoms with van der Waals surface area (Å²) in [6.45, 7) is 11.8. The van der Waals surface area contributed by atoms with E-state index in [2.05, 4.69) is 5.32 Å². The van der Waals surface area contributed by atoms with Crippen molar-refractivity contribution in [1.82, 2.24) is 5.32 Å². The number of ketones is 1. The second-order valence-electron chi connectivity index (χ2n) is 9.35. The Balaban J connectivity index is 1.77. The lowest BCUT2D eigenvalue weighted by molar-refractivity contribution is 0.00578. The van der Waals surface area contributed by atoms with E-state index in [-0.39, 0.29) is 18.9 Å². The molecule has 0 aliphatic carbocycles. The van der Waals surface area contributed by atoms with Crippen molar-refractivity contribution in [3.8, 4) is 0 Å². The molecule has 1 aliphatic heterocycles. The Morgan fingerprint density at radius 1 is 1.03 bits per heavy atom. The summed E-state index contributed by atoms with van der Waals surface area (Å²) in [5.41, 5.74) is 3.10. The van der Waals surface area contributed by atoms with Crippen molar-refractivity contribution in [2.75, 3.05) is 6.54 Å². The lowest BCUT2D eigenvalue weighted by atomic mass is 9.77. The lowest BCUT2D eigenvalue weighted by Gasteiger charge is -2.32. The molecule has 1 saturated heterocycles. The van der Waals surface area contributed by atoms with E-state index in [9.17, 15) is 9.59 Å². The van der Waals surface area contributed by atoms with Crippen LogP contribution in [-0.4, -0.2) is 36.7 Å². The highest BCUT2D eigenvalue weighted by Gasteiger charge is 2.52. The third-order valence-electron chi connectivity index (χ3n) is 6.19. The summed E-state index contributed by atoms with van der Waals surface area (Å²) in [5.74, 6) is 0.0250. The van der Waals surface area contributed by atoms with Crippen LogP contribution >= 0.6 is 0 Å². The number of hydrogen-bond acceptors (Lipinski definition) is 5. The zero-order valence-electron chi connectivity index (χ0n) is 20.2. The van der Waals surface area contributed by atoms with E-state index in [1.54, 1.807) is 6.92 Å². The summed E-state index contributed by atoms with van der Waals surface area (Å²) in [6, 6.07) is 15.1. The van der Waals surface area contributed by atoms with Gasteiger partial charge in [-0.1, -0.05) is 54.6 Å². The lowest BCUT2D eigenvalue weighted by Crippen LogP contribution is -2.41. The van der Waals surface area contributed by atoms with Crippen molar-refractivity contribution in [2.45, 2.75) is 59.4 Å². The average Bonchev–Trinajstić information content (AvgIpc) is 2.97. The third-order valence-corrected chi connectivity index (χ3v) is 6.19. The van der Waals surface area contributed by atoms with Gasteiger partial charge >= 0.3 is 13.2 Å². The van der Waals surface area contributed by atoms with Crippen molar-refractivity contribution in [3.63, 3.8) is 0 Å². The van der Waals surface area contributed by atoms with Gasteiger partial charge in [0.2, 0.25) is 0 Å². The van der Waals surface area contributed by atoms with Crippen molar-refractivity contribution in [1.29, 1.82) is 0 Å². The summed E-state index contributed by atoms with van der Waals surface area (Å²) in [4.78, 5) is 24.1. The monoisotopic (exact) mass is 449 g/mol.